The van der Waals surface area contributed by atoms with Crippen molar-refractivity contribution in [3.8, 4) is 16.8 Å². The number of anilines is 1. The molecule has 5 heteroatoms. The van der Waals surface area contributed by atoms with Crippen LogP contribution in [0.25, 0.3) is 38.9 Å². The predicted molar refractivity (Wildman–Crippen MR) is 101 cm³/mol. The number of benzene rings is 3. The van der Waals surface area contributed by atoms with Gasteiger partial charge in [-0.3, -0.25) is 4.57 Å². The Bertz CT molecular complexity index is 1200. The van der Waals surface area contributed by atoms with Crippen LogP contribution in [0.3, 0.4) is 0 Å². The van der Waals surface area contributed by atoms with Crippen molar-refractivity contribution < 1.29 is 0 Å². The summed E-state index contributed by atoms with van der Waals surface area (Å²) in [5.74, 6) is 0. The fraction of sp³-hybridized carbons (Fsp3) is 0. The fourth-order valence-corrected chi connectivity index (χ4v) is 3.15. The van der Waals surface area contributed by atoms with Crippen LogP contribution in [0.4, 0.5) is 5.69 Å². The molecule has 2 aromatic heterocycles. The van der Waals surface area contributed by atoms with Gasteiger partial charge in [0.25, 0.3) is 0 Å². The number of aromatic amines is 1. The van der Waals surface area contributed by atoms with Crippen molar-refractivity contribution in [1.29, 1.82) is 0 Å². The molecular weight excluding hydrogens is 310 g/mol. The molecule has 0 fully saturated rings. The van der Waals surface area contributed by atoms with E-state index in [-0.39, 0.29) is 0 Å². The van der Waals surface area contributed by atoms with Crippen LogP contribution in [0, 0.1) is 0 Å². The average Bonchev–Trinajstić information content (AvgIpc) is 3.28. The number of aromatic nitrogens is 4. The molecule has 0 unspecified atom stereocenters. The van der Waals surface area contributed by atoms with E-state index < -0.39 is 0 Å². The third kappa shape index (κ3) is 2.25. The van der Waals surface area contributed by atoms with Crippen molar-refractivity contribution in [3.05, 3.63) is 73.3 Å². The normalized spacial score (nSPS) is 11.4. The van der Waals surface area contributed by atoms with Crippen LogP contribution >= 0.6 is 0 Å². The van der Waals surface area contributed by atoms with Crippen LogP contribution in [0.15, 0.2) is 73.3 Å². The first-order valence-electron chi connectivity index (χ1n) is 8.04. The van der Waals surface area contributed by atoms with E-state index in [1.165, 1.54) is 0 Å². The SMILES string of the molecule is Nc1ccc(-n2cnc3cc(-c4ccc5nc[nH]c5c4)ccc32)cc1. The van der Waals surface area contributed by atoms with Crippen LogP contribution in [-0.2, 0) is 0 Å². The summed E-state index contributed by atoms with van der Waals surface area (Å²) in [5.41, 5.74) is 13.9. The summed E-state index contributed by atoms with van der Waals surface area (Å²) < 4.78 is 2.07. The van der Waals surface area contributed by atoms with Gasteiger partial charge in [0.1, 0.15) is 6.33 Å². The molecule has 0 atom stereocenters. The number of nitrogens with zero attached hydrogens (tertiary/aromatic N) is 3. The Balaban J connectivity index is 1.61. The molecule has 2 heterocycles. The van der Waals surface area contributed by atoms with E-state index in [1.807, 2.05) is 36.7 Å². The number of nitrogens with two attached hydrogens (primary N) is 1. The molecule has 120 valence electrons. The molecule has 0 aliphatic rings. The molecule has 5 nitrogen and oxygen atoms in total. The molecule has 5 rings (SSSR count). The molecule has 25 heavy (non-hydrogen) atoms. The lowest BCUT2D eigenvalue weighted by Gasteiger charge is -2.06. The standard InChI is InChI=1S/C20H15N5/c21-15-3-5-16(6-4-15)25-12-24-19-10-14(2-8-20(19)25)13-1-7-17-18(9-13)23-11-22-17/h1-12H,21H2,(H,22,23). The number of fused-ring (bicyclic) bond motifs is 2. The summed E-state index contributed by atoms with van der Waals surface area (Å²) in [6, 6.07) is 20.3. The van der Waals surface area contributed by atoms with Crippen LogP contribution in [0.2, 0.25) is 0 Å². The Morgan fingerprint density at radius 3 is 2.48 bits per heavy atom. The van der Waals surface area contributed by atoms with Gasteiger partial charge in [-0.2, -0.15) is 0 Å². The second kappa shape index (κ2) is 5.21. The number of nitrogen functional groups attached to an aromatic ring is 1. The summed E-state index contributed by atoms with van der Waals surface area (Å²) in [5, 5.41) is 0. The van der Waals surface area contributed by atoms with Gasteiger partial charge in [-0.25, -0.2) is 9.97 Å². The van der Waals surface area contributed by atoms with Crippen LogP contribution in [-0.4, -0.2) is 19.5 Å². The van der Waals surface area contributed by atoms with E-state index in [4.69, 9.17) is 5.73 Å². The van der Waals surface area contributed by atoms with Gasteiger partial charge >= 0.3 is 0 Å². The molecule has 3 N–H and O–H groups in total. The highest BCUT2D eigenvalue weighted by Crippen LogP contribution is 2.27. The first kappa shape index (κ1) is 13.8. The highest BCUT2D eigenvalue weighted by atomic mass is 15.0. The maximum absolute atomic E-state index is 5.78. The number of rotatable bonds is 2. The number of nitrogens with one attached hydrogen (secondary N) is 1. The third-order valence-electron chi connectivity index (χ3n) is 4.47. The van der Waals surface area contributed by atoms with Gasteiger partial charge in [-0.05, 0) is 59.7 Å². The van der Waals surface area contributed by atoms with Crippen molar-refractivity contribution in [1.82, 2.24) is 19.5 Å². The summed E-state index contributed by atoms with van der Waals surface area (Å²) in [4.78, 5) is 12.0. The largest absolute Gasteiger partial charge is 0.399 e. The molecule has 0 spiro atoms. The van der Waals surface area contributed by atoms with E-state index in [9.17, 15) is 0 Å². The van der Waals surface area contributed by atoms with Gasteiger partial charge in [-0.15, -0.1) is 0 Å². The van der Waals surface area contributed by atoms with Crippen molar-refractivity contribution in [3.63, 3.8) is 0 Å². The van der Waals surface area contributed by atoms with Gasteiger partial charge in [0, 0.05) is 11.4 Å². The van der Waals surface area contributed by atoms with Crippen molar-refractivity contribution in [2.75, 3.05) is 5.73 Å². The maximum Gasteiger partial charge on any atom is 0.100 e. The van der Waals surface area contributed by atoms with Gasteiger partial charge in [-0.1, -0.05) is 12.1 Å². The molecule has 5 aromatic rings. The first-order chi connectivity index (χ1) is 12.3. The predicted octanol–water partition coefficient (Wildman–Crippen LogP) is 4.15. The average molecular weight is 325 g/mol. The summed E-state index contributed by atoms with van der Waals surface area (Å²) in [7, 11) is 0. The van der Waals surface area contributed by atoms with Crippen molar-refractivity contribution in [2.24, 2.45) is 0 Å². The zero-order valence-electron chi connectivity index (χ0n) is 13.3. The van der Waals surface area contributed by atoms with E-state index in [2.05, 4.69) is 49.9 Å². The number of hydrogen-bond acceptors (Lipinski definition) is 3. The number of hydrogen-bond donors (Lipinski definition) is 2. The smallest absolute Gasteiger partial charge is 0.100 e. The van der Waals surface area contributed by atoms with Crippen LogP contribution < -0.4 is 5.73 Å². The molecule has 0 aliphatic heterocycles. The summed E-state index contributed by atoms with van der Waals surface area (Å²) >= 11 is 0. The van der Waals surface area contributed by atoms with Gasteiger partial charge < -0.3 is 10.7 Å². The molecule has 0 bridgehead atoms. The minimum absolute atomic E-state index is 0.754. The molecule has 0 aliphatic carbocycles. The Labute approximate surface area is 143 Å². The van der Waals surface area contributed by atoms with Crippen LogP contribution in [0.5, 0.6) is 0 Å². The number of H-pyrrole nitrogens is 1. The van der Waals surface area contributed by atoms with Gasteiger partial charge in [0.15, 0.2) is 0 Å². The molecule has 0 saturated heterocycles. The van der Waals surface area contributed by atoms with Gasteiger partial charge in [0.2, 0.25) is 0 Å². The van der Waals surface area contributed by atoms with Gasteiger partial charge in [0.05, 0.1) is 28.4 Å². The Morgan fingerprint density at radius 2 is 1.60 bits per heavy atom. The molecule has 0 saturated carbocycles. The zero-order valence-corrected chi connectivity index (χ0v) is 13.3. The summed E-state index contributed by atoms with van der Waals surface area (Å²) in [6.45, 7) is 0. The minimum Gasteiger partial charge on any atom is -0.399 e. The lowest BCUT2D eigenvalue weighted by Crippen LogP contribution is -1.92. The Hall–Kier alpha value is -3.60. The maximum atomic E-state index is 5.78. The number of imidazole rings is 2. The second-order valence-electron chi connectivity index (χ2n) is 6.04. The highest BCUT2D eigenvalue weighted by Gasteiger charge is 2.07. The van der Waals surface area contributed by atoms with Crippen molar-refractivity contribution in [2.45, 2.75) is 0 Å². The molecule has 0 amide bonds. The van der Waals surface area contributed by atoms with Crippen molar-refractivity contribution >= 4 is 27.8 Å². The van der Waals surface area contributed by atoms with E-state index >= 15 is 0 Å². The topological polar surface area (TPSA) is 72.5 Å². The first-order valence-corrected chi connectivity index (χ1v) is 8.04. The second-order valence-corrected chi connectivity index (χ2v) is 6.04. The monoisotopic (exact) mass is 325 g/mol. The lowest BCUT2D eigenvalue weighted by atomic mass is 10.0. The highest BCUT2D eigenvalue weighted by molar-refractivity contribution is 5.86. The minimum atomic E-state index is 0.754. The molecule has 0 radical (unpaired) electrons. The third-order valence-corrected chi connectivity index (χ3v) is 4.47. The molecule has 3 aromatic carbocycles. The molecular formula is C20H15N5. The van der Waals surface area contributed by atoms with E-state index in [1.54, 1.807) is 6.33 Å². The lowest BCUT2D eigenvalue weighted by molar-refractivity contribution is 1.09. The zero-order chi connectivity index (χ0) is 16.8. The Kier molecular flexibility index (Phi) is 2.87. The Morgan fingerprint density at radius 1 is 0.800 bits per heavy atom. The quantitative estimate of drug-likeness (QED) is 0.479. The van der Waals surface area contributed by atoms with E-state index in [0.717, 1.165) is 44.6 Å². The van der Waals surface area contributed by atoms with Crippen LogP contribution in [0.1, 0.15) is 0 Å². The fourth-order valence-electron chi connectivity index (χ4n) is 3.15. The van der Waals surface area contributed by atoms with E-state index in [0.29, 0.717) is 0 Å². The summed E-state index contributed by atoms with van der Waals surface area (Å²) in [6.07, 6.45) is 3.56.